The first-order valence-electron chi connectivity index (χ1n) is 8.46. The predicted octanol–water partition coefficient (Wildman–Crippen LogP) is 3.93. The molecule has 2 aromatic rings. The van der Waals surface area contributed by atoms with Crippen LogP contribution in [0.2, 0.25) is 10.0 Å². The normalized spacial score (nSPS) is 26.4. The fraction of sp³-hybridized carbons (Fsp3) is 0.368. The summed E-state index contributed by atoms with van der Waals surface area (Å²) in [5.74, 6) is -0.646. The minimum atomic E-state index is -2.09. The summed E-state index contributed by atoms with van der Waals surface area (Å²) in [4.78, 5) is 16.9. The van der Waals surface area contributed by atoms with E-state index in [2.05, 4.69) is 10.3 Å². The zero-order valence-corrected chi connectivity index (χ0v) is 15.4. The number of pyridine rings is 1. The molecule has 1 aliphatic carbocycles. The van der Waals surface area contributed by atoms with Crippen LogP contribution in [0.15, 0.2) is 36.5 Å². The van der Waals surface area contributed by atoms with Gasteiger partial charge in [-0.2, -0.15) is 0 Å². The molecule has 136 valence electrons. The zero-order chi connectivity index (χ0) is 18.4. The van der Waals surface area contributed by atoms with Crippen molar-refractivity contribution in [3.05, 3.63) is 63.4 Å². The molecule has 4 nitrogen and oxygen atoms in total. The van der Waals surface area contributed by atoms with Gasteiger partial charge >= 0.3 is 0 Å². The van der Waals surface area contributed by atoms with Crippen LogP contribution in [0.4, 0.5) is 4.39 Å². The Hall–Kier alpha value is -1.69. The lowest BCUT2D eigenvalue weighted by molar-refractivity contribution is -0.135. The van der Waals surface area contributed by atoms with Gasteiger partial charge in [-0.05, 0) is 43.0 Å². The van der Waals surface area contributed by atoms with Crippen molar-refractivity contribution in [3.63, 3.8) is 0 Å². The van der Waals surface area contributed by atoms with E-state index in [9.17, 15) is 4.79 Å². The molecule has 1 aromatic carbocycles. The number of aromatic nitrogens is 1. The Morgan fingerprint density at radius 3 is 2.85 bits per heavy atom. The molecule has 1 spiro atoms. The van der Waals surface area contributed by atoms with Crippen LogP contribution in [-0.2, 0) is 27.2 Å². The minimum Gasteiger partial charge on any atom is -0.363 e. The van der Waals surface area contributed by atoms with E-state index in [-0.39, 0.29) is 13.0 Å². The van der Waals surface area contributed by atoms with Crippen molar-refractivity contribution in [3.8, 4) is 0 Å². The fourth-order valence-electron chi connectivity index (χ4n) is 3.49. The molecule has 1 amide bonds. The first-order valence-corrected chi connectivity index (χ1v) is 9.21. The third-order valence-corrected chi connectivity index (χ3v) is 5.67. The van der Waals surface area contributed by atoms with E-state index in [0.717, 1.165) is 5.56 Å². The number of hydrogen-bond acceptors (Lipinski definition) is 3. The fourth-order valence-corrected chi connectivity index (χ4v) is 4.00. The van der Waals surface area contributed by atoms with Crippen LogP contribution < -0.4 is 5.32 Å². The van der Waals surface area contributed by atoms with Crippen LogP contribution in [0, 0.1) is 0 Å². The molecular weight excluding hydrogens is 378 g/mol. The molecule has 26 heavy (non-hydrogen) atoms. The summed E-state index contributed by atoms with van der Waals surface area (Å²) in [6, 6.07) is 8.46. The van der Waals surface area contributed by atoms with E-state index in [1.165, 1.54) is 0 Å². The molecule has 1 saturated heterocycles. The maximum atomic E-state index is 15.6. The van der Waals surface area contributed by atoms with Crippen LogP contribution in [0.3, 0.4) is 0 Å². The molecule has 0 radical (unpaired) electrons. The van der Waals surface area contributed by atoms with Crippen molar-refractivity contribution >= 4 is 29.1 Å². The van der Waals surface area contributed by atoms with Crippen LogP contribution >= 0.6 is 23.2 Å². The zero-order valence-electron chi connectivity index (χ0n) is 13.9. The van der Waals surface area contributed by atoms with Gasteiger partial charge in [0.25, 0.3) is 5.91 Å². The maximum absolute atomic E-state index is 15.6. The van der Waals surface area contributed by atoms with Gasteiger partial charge in [0.15, 0.2) is 0 Å². The number of carbonyl (C=O) groups is 1. The molecule has 2 aliphatic rings. The molecular formula is C19H17Cl2FN2O2. The number of ether oxygens (including phenoxy) is 1. The Balaban J connectivity index is 1.48. The highest BCUT2D eigenvalue weighted by Crippen LogP contribution is 2.53. The standard InChI is InChI=1S/C19H17Cl2FN2O2/c20-13-4-3-12(15(21)10-13)5-9-24-17(25)19(22)7-6-18(11-26-18)16-14(19)2-1-8-23-16/h1-4,8,10H,5-7,9,11H2,(H,24,25)/t18-,19+/m1/s1. The molecule has 1 aliphatic heterocycles. The van der Waals surface area contributed by atoms with Gasteiger partial charge in [0.1, 0.15) is 5.60 Å². The van der Waals surface area contributed by atoms with Crippen molar-refractivity contribution in [2.75, 3.05) is 13.2 Å². The highest BCUT2D eigenvalue weighted by Gasteiger charge is 2.58. The minimum absolute atomic E-state index is 0.0826. The average molecular weight is 395 g/mol. The number of epoxide rings is 1. The van der Waals surface area contributed by atoms with Gasteiger partial charge in [-0.1, -0.05) is 35.3 Å². The molecule has 4 rings (SSSR count). The lowest BCUT2D eigenvalue weighted by atomic mass is 9.77. The third kappa shape index (κ3) is 2.98. The Kier molecular flexibility index (Phi) is 4.41. The van der Waals surface area contributed by atoms with Crippen LogP contribution in [0.5, 0.6) is 0 Å². The van der Waals surface area contributed by atoms with Crippen molar-refractivity contribution in [1.82, 2.24) is 10.3 Å². The number of halogens is 3. The van der Waals surface area contributed by atoms with Crippen molar-refractivity contribution in [2.45, 2.75) is 30.5 Å². The third-order valence-electron chi connectivity index (χ3n) is 5.09. The van der Waals surface area contributed by atoms with Gasteiger partial charge in [0.05, 0.1) is 12.3 Å². The molecule has 2 heterocycles. The molecule has 0 saturated carbocycles. The van der Waals surface area contributed by atoms with E-state index in [4.69, 9.17) is 27.9 Å². The van der Waals surface area contributed by atoms with Gasteiger partial charge in [-0.3, -0.25) is 9.78 Å². The highest BCUT2D eigenvalue weighted by molar-refractivity contribution is 6.35. The van der Waals surface area contributed by atoms with E-state index in [1.807, 2.05) is 0 Å². The summed E-state index contributed by atoms with van der Waals surface area (Å²) in [7, 11) is 0. The molecule has 2 atom stereocenters. The molecule has 7 heteroatoms. The second-order valence-corrected chi connectivity index (χ2v) is 7.57. The predicted molar refractivity (Wildman–Crippen MR) is 97.1 cm³/mol. The van der Waals surface area contributed by atoms with Crippen LogP contribution in [0.1, 0.15) is 29.7 Å². The molecule has 0 unspecified atom stereocenters. The first-order chi connectivity index (χ1) is 12.4. The Bertz CT molecular complexity index is 872. The number of fused-ring (bicyclic) bond motifs is 2. The van der Waals surface area contributed by atoms with Crippen molar-refractivity contribution < 1.29 is 13.9 Å². The second-order valence-electron chi connectivity index (χ2n) is 6.73. The number of nitrogens with zero attached hydrogens (tertiary/aromatic N) is 1. The topological polar surface area (TPSA) is 54.5 Å². The SMILES string of the molecule is O=C(NCCc1ccc(Cl)cc1Cl)[C@]1(F)CC[C@@]2(CO2)c2ncccc21. The van der Waals surface area contributed by atoms with Gasteiger partial charge in [-0.15, -0.1) is 0 Å². The monoisotopic (exact) mass is 394 g/mol. The van der Waals surface area contributed by atoms with E-state index < -0.39 is 17.2 Å². The quantitative estimate of drug-likeness (QED) is 0.799. The van der Waals surface area contributed by atoms with E-state index in [1.54, 1.807) is 36.5 Å². The Labute approximate surface area is 160 Å². The van der Waals surface area contributed by atoms with Gasteiger partial charge < -0.3 is 10.1 Å². The number of amides is 1. The Morgan fingerprint density at radius 1 is 1.31 bits per heavy atom. The summed E-state index contributed by atoms with van der Waals surface area (Å²) < 4.78 is 21.1. The summed E-state index contributed by atoms with van der Waals surface area (Å²) >= 11 is 12.0. The second kappa shape index (κ2) is 6.48. The number of benzene rings is 1. The number of rotatable bonds is 4. The smallest absolute Gasteiger partial charge is 0.262 e. The number of nitrogens with one attached hydrogen (secondary N) is 1. The lowest BCUT2D eigenvalue weighted by Crippen LogP contribution is -2.46. The highest BCUT2D eigenvalue weighted by atomic mass is 35.5. The number of carbonyl (C=O) groups excluding carboxylic acids is 1. The largest absolute Gasteiger partial charge is 0.363 e. The summed E-state index contributed by atoms with van der Waals surface area (Å²) in [5, 5.41) is 3.78. The van der Waals surface area contributed by atoms with Crippen LogP contribution in [-0.4, -0.2) is 24.0 Å². The number of alkyl halides is 1. The van der Waals surface area contributed by atoms with Gasteiger partial charge in [-0.25, -0.2) is 4.39 Å². The molecule has 1 N–H and O–H groups in total. The molecule has 1 fully saturated rings. The van der Waals surface area contributed by atoms with Crippen molar-refractivity contribution in [1.29, 1.82) is 0 Å². The summed E-state index contributed by atoms with van der Waals surface area (Å²) in [6.45, 7) is 0.812. The summed E-state index contributed by atoms with van der Waals surface area (Å²) in [5.41, 5.74) is -0.885. The molecule has 0 bridgehead atoms. The summed E-state index contributed by atoms with van der Waals surface area (Å²) in [6.07, 6.45) is 2.63. The number of hydrogen-bond donors (Lipinski definition) is 1. The maximum Gasteiger partial charge on any atom is 0.262 e. The average Bonchev–Trinajstić information content (AvgIpc) is 3.41. The van der Waals surface area contributed by atoms with E-state index >= 15 is 4.39 Å². The van der Waals surface area contributed by atoms with Gasteiger partial charge in [0, 0.05) is 28.4 Å². The lowest BCUT2D eigenvalue weighted by Gasteiger charge is -2.33. The Morgan fingerprint density at radius 2 is 2.12 bits per heavy atom. The van der Waals surface area contributed by atoms with Gasteiger partial charge in [0.2, 0.25) is 5.67 Å². The van der Waals surface area contributed by atoms with E-state index in [0.29, 0.717) is 40.8 Å². The van der Waals surface area contributed by atoms with Crippen LogP contribution in [0.25, 0.3) is 0 Å². The van der Waals surface area contributed by atoms with Crippen molar-refractivity contribution in [2.24, 2.45) is 0 Å². The first kappa shape index (κ1) is 17.7. The molecule has 1 aromatic heterocycles.